The lowest BCUT2D eigenvalue weighted by atomic mass is 10.1. The number of aromatic carboxylic acids is 1. The smallest absolute Gasteiger partial charge is 0.335 e. The highest BCUT2D eigenvalue weighted by Gasteiger charge is 2.35. The Bertz CT molecular complexity index is 865. The summed E-state index contributed by atoms with van der Waals surface area (Å²) in [6, 6.07) is 3.18. The van der Waals surface area contributed by atoms with Crippen LogP contribution >= 0.6 is 0 Å². The van der Waals surface area contributed by atoms with E-state index in [2.05, 4.69) is 10.0 Å². The highest BCUT2D eigenvalue weighted by molar-refractivity contribution is 7.91. The van der Waals surface area contributed by atoms with Gasteiger partial charge in [-0.15, -0.1) is 0 Å². The third-order valence-corrected chi connectivity index (χ3v) is 7.19. The molecule has 0 aromatic heterocycles. The number of hydrogen-bond donors (Lipinski definition) is 4. The quantitative estimate of drug-likeness (QED) is 0.419. The molecular formula is C14H20N2O7S2. The zero-order chi connectivity index (χ0) is 18.8. The predicted octanol–water partition coefficient (Wildman–Crippen LogP) is -1.28. The van der Waals surface area contributed by atoms with Gasteiger partial charge in [-0.25, -0.2) is 26.4 Å². The molecule has 0 unspecified atom stereocenters. The van der Waals surface area contributed by atoms with Crippen molar-refractivity contribution in [3.63, 3.8) is 0 Å². The van der Waals surface area contributed by atoms with Crippen molar-refractivity contribution in [2.45, 2.75) is 24.0 Å². The highest BCUT2D eigenvalue weighted by Crippen LogP contribution is 2.17. The topological polar surface area (TPSA) is 150 Å². The fourth-order valence-corrected chi connectivity index (χ4v) is 5.64. The van der Waals surface area contributed by atoms with Gasteiger partial charge < -0.3 is 15.5 Å². The normalized spacial score (nSPS) is 22.8. The molecular weight excluding hydrogens is 372 g/mol. The van der Waals surface area contributed by atoms with E-state index in [-0.39, 0.29) is 35.1 Å². The van der Waals surface area contributed by atoms with Crippen LogP contribution in [0, 0.1) is 6.92 Å². The van der Waals surface area contributed by atoms with E-state index in [1.165, 1.54) is 12.1 Å². The van der Waals surface area contributed by atoms with Crippen molar-refractivity contribution < 1.29 is 31.8 Å². The van der Waals surface area contributed by atoms with Crippen molar-refractivity contribution in [3.05, 3.63) is 29.3 Å². The fourth-order valence-electron chi connectivity index (χ4n) is 2.57. The van der Waals surface area contributed by atoms with E-state index in [1.54, 1.807) is 6.92 Å². The number of carboxylic acid groups (broad SMARTS) is 1. The Balaban J connectivity index is 1.96. The summed E-state index contributed by atoms with van der Waals surface area (Å²) in [4.78, 5) is 10.9. The molecule has 4 N–H and O–H groups in total. The largest absolute Gasteiger partial charge is 0.478 e. The third-order valence-electron chi connectivity index (χ3n) is 3.87. The maximum absolute atomic E-state index is 12.3. The van der Waals surface area contributed by atoms with Crippen molar-refractivity contribution in [1.29, 1.82) is 0 Å². The van der Waals surface area contributed by atoms with Crippen LogP contribution in [0.3, 0.4) is 0 Å². The van der Waals surface area contributed by atoms with Gasteiger partial charge in [0.05, 0.1) is 28.1 Å². The minimum atomic E-state index is -3.91. The predicted molar refractivity (Wildman–Crippen MR) is 89.8 cm³/mol. The number of benzene rings is 1. The number of sulfone groups is 1. The highest BCUT2D eigenvalue weighted by atomic mass is 32.2. The van der Waals surface area contributed by atoms with Crippen LogP contribution in [0.15, 0.2) is 23.1 Å². The molecule has 0 aliphatic carbocycles. The number of aliphatic hydroxyl groups excluding tert-OH is 1. The number of aliphatic hydroxyl groups is 1. The summed E-state index contributed by atoms with van der Waals surface area (Å²) in [5.41, 5.74) is 0.270. The Kier molecular flexibility index (Phi) is 5.84. The molecule has 140 valence electrons. The van der Waals surface area contributed by atoms with Gasteiger partial charge in [0.25, 0.3) is 0 Å². The van der Waals surface area contributed by atoms with E-state index < -0.39 is 38.0 Å². The lowest BCUT2D eigenvalue weighted by Crippen LogP contribution is -2.42. The molecule has 11 heteroatoms. The number of carbonyl (C=O) groups is 1. The number of rotatable bonds is 7. The van der Waals surface area contributed by atoms with Crippen molar-refractivity contribution in [2.75, 3.05) is 24.6 Å². The van der Waals surface area contributed by atoms with E-state index in [0.717, 1.165) is 6.07 Å². The van der Waals surface area contributed by atoms with Gasteiger partial charge in [-0.3, -0.25) is 0 Å². The summed E-state index contributed by atoms with van der Waals surface area (Å²) in [7, 11) is -7.19. The van der Waals surface area contributed by atoms with Gasteiger partial charge in [-0.1, -0.05) is 6.07 Å². The zero-order valence-electron chi connectivity index (χ0n) is 13.5. The first kappa shape index (κ1) is 19.8. The van der Waals surface area contributed by atoms with Crippen LogP contribution in [0.2, 0.25) is 0 Å². The van der Waals surface area contributed by atoms with Gasteiger partial charge >= 0.3 is 5.97 Å². The average Bonchev–Trinajstić information content (AvgIpc) is 2.76. The molecule has 0 spiro atoms. The molecule has 2 rings (SSSR count). The van der Waals surface area contributed by atoms with E-state index in [4.69, 9.17) is 5.11 Å². The van der Waals surface area contributed by atoms with E-state index in [1.807, 2.05) is 0 Å². The Morgan fingerprint density at radius 2 is 1.96 bits per heavy atom. The first-order valence-electron chi connectivity index (χ1n) is 7.47. The van der Waals surface area contributed by atoms with E-state index in [9.17, 15) is 26.7 Å². The van der Waals surface area contributed by atoms with Gasteiger partial charge in [-0.05, 0) is 24.6 Å². The summed E-state index contributed by atoms with van der Waals surface area (Å²) in [5.74, 6) is -1.73. The molecule has 0 radical (unpaired) electrons. The van der Waals surface area contributed by atoms with Crippen LogP contribution in [0.5, 0.6) is 0 Å². The van der Waals surface area contributed by atoms with Crippen LogP contribution < -0.4 is 10.0 Å². The first-order chi connectivity index (χ1) is 11.5. The van der Waals surface area contributed by atoms with Crippen LogP contribution in [-0.2, 0) is 19.9 Å². The van der Waals surface area contributed by atoms with E-state index in [0.29, 0.717) is 5.56 Å². The zero-order valence-corrected chi connectivity index (χ0v) is 15.1. The standard InChI is InChI=1S/C14H20N2O7S2/c1-9-2-3-10(14(18)19)6-13(9)25(22,23)16-5-4-15-11-7-24(20,21)8-12(11)17/h2-3,6,11-12,15-17H,4-5,7-8H2,1H3,(H,18,19)/t11-,12-/m0/s1. The summed E-state index contributed by atoms with van der Waals surface area (Å²) < 4.78 is 49.7. The number of hydrogen-bond acceptors (Lipinski definition) is 7. The van der Waals surface area contributed by atoms with E-state index >= 15 is 0 Å². The maximum Gasteiger partial charge on any atom is 0.335 e. The molecule has 1 fully saturated rings. The Labute approximate surface area is 146 Å². The maximum atomic E-state index is 12.3. The van der Waals surface area contributed by atoms with Gasteiger partial charge in [0, 0.05) is 19.1 Å². The van der Waals surface area contributed by atoms with Crippen molar-refractivity contribution in [1.82, 2.24) is 10.0 Å². The summed E-state index contributed by atoms with van der Waals surface area (Å²) >= 11 is 0. The third kappa shape index (κ3) is 4.98. The number of sulfonamides is 1. The number of nitrogens with one attached hydrogen (secondary N) is 2. The van der Waals surface area contributed by atoms with Crippen LogP contribution in [0.4, 0.5) is 0 Å². The average molecular weight is 392 g/mol. The molecule has 2 atom stereocenters. The summed E-state index contributed by atoms with van der Waals surface area (Å²) in [6.07, 6.45) is -1.02. The van der Waals surface area contributed by atoms with Gasteiger partial charge in [0.1, 0.15) is 0 Å². The monoisotopic (exact) mass is 392 g/mol. The molecule has 9 nitrogen and oxygen atoms in total. The Morgan fingerprint density at radius 3 is 2.52 bits per heavy atom. The van der Waals surface area contributed by atoms with Crippen LogP contribution in [0.25, 0.3) is 0 Å². The molecule has 0 saturated carbocycles. The second kappa shape index (κ2) is 7.38. The van der Waals surface area contributed by atoms with Gasteiger partial charge in [-0.2, -0.15) is 0 Å². The summed E-state index contributed by atoms with van der Waals surface area (Å²) in [6.45, 7) is 1.63. The number of carboxylic acids is 1. The first-order valence-corrected chi connectivity index (χ1v) is 10.8. The molecule has 1 saturated heterocycles. The number of aryl methyl sites for hydroxylation is 1. The molecule has 25 heavy (non-hydrogen) atoms. The van der Waals surface area contributed by atoms with Crippen molar-refractivity contribution >= 4 is 25.8 Å². The second-order valence-corrected chi connectivity index (χ2v) is 9.78. The molecule has 1 aromatic carbocycles. The minimum absolute atomic E-state index is 0.0393. The minimum Gasteiger partial charge on any atom is -0.478 e. The SMILES string of the molecule is Cc1ccc(C(=O)O)cc1S(=O)(=O)NCCN[C@H]1CS(=O)(=O)C[C@@H]1O. The molecule has 1 aliphatic rings. The lowest BCUT2D eigenvalue weighted by molar-refractivity contribution is 0.0696. The molecule has 0 amide bonds. The Morgan fingerprint density at radius 1 is 1.28 bits per heavy atom. The molecule has 1 aliphatic heterocycles. The van der Waals surface area contributed by atoms with Crippen molar-refractivity contribution in [2.24, 2.45) is 0 Å². The molecule has 0 bridgehead atoms. The summed E-state index contributed by atoms with van der Waals surface area (Å²) in [5, 5.41) is 21.4. The Hall–Kier alpha value is -1.53. The van der Waals surface area contributed by atoms with Gasteiger partial charge in [0.15, 0.2) is 9.84 Å². The molecule has 1 aromatic rings. The van der Waals surface area contributed by atoms with Crippen LogP contribution in [0.1, 0.15) is 15.9 Å². The fraction of sp³-hybridized carbons (Fsp3) is 0.500. The molecule has 1 heterocycles. The second-order valence-electron chi connectivity index (χ2n) is 5.89. The van der Waals surface area contributed by atoms with Crippen molar-refractivity contribution in [3.8, 4) is 0 Å². The van der Waals surface area contributed by atoms with Gasteiger partial charge in [0.2, 0.25) is 10.0 Å². The van der Waals surface area contributed by atoms with Crippen LogP contribution in [-0.4, -0.2) is 69.8 Å². The lowest BCUT2D eigenvalue weighted by Gasteiger charge is -2.15.